The lowest BCUT2D eigenvalue weighted by Gasteiger charge is -2.27. The van der Waals surface area contributed by atoms with Gasteiger partial charge in [-0.05, 0) is 19.3 Å². The maximum atomic E-state index is 12.3. The number of hydrogen-bond donors (Lipinski definition) is 2. The first-order valence-electron chi connectivity index (χ1n) is 8.62. The molecule has 2 atom stereocenters. The number of nitrogens with one attached hydrogen (secondary N) is 1. The van der Waals surface area contributed by atoms with E-state index in [0.29, 0.717) is 13.1 Å². The van der Waals surface area contributed by atoms with E-state index in [9.17, 15) is 14.4 Å². The molecule has 3 aliphatic rings. The van der Waals surface area contributed by atoms with E-state index in [4.69, 9.17) is 5.11 Å². The van der Waals surface area contributed by atoms with Gasteiger partial charge >= 0.3 is 12.0 Å². The number of rotatable bonds is 3. The van der Waals surface area contributed by atoms with Crippen LogP contribution in [-0.2, 0) is 9.59 Å². The van der Waals surface area contributed by atoms with Gasteiger partial charge in [0.25, 0.3) is 0 Å². The molecule has 7 nitrogen and oxygen atoms in total. The molecule has 23 heavy (non-hydrogen) atoms. The summed E-state index contributed by atoms with van der Waals surface area (Å²) < 4.78 is 0. The fourth-order valence-electron chi connectivity index (χ4n) is 3.94. The van der Waals surface area contributed by atoms with Gasteiger partial charge in [0.1, 0.15) is 0 Å². The van der Waals surface area contributed by atoms with Gasteiger partial charge in [0, 0.05) is 32.1 Å². The Hall–Kier alpha value is -1.79. The SMILES string of the molecule is O=C(O)C1CC(=O)N(C2CCN(C(=O)NC3CCCCC3)C2)C1. The Morgan fingerprint density at radius 3 is 2.48 bits per heavy atom. The molecule has 1 saturated carbocycles. The van der Waals surface area contributed by atoms with E-state index < -0.39 is 11.9 Å². The van der Waals surface area contributed by atoms with Crippen LogP contribution in [-0.4, -0.2) is 64.5 Å². The molecule has 2 saturated heterocycles. The molecule has 0 aromatic carbocycles. The van der Waals surface area contributed by atoms with E-state index >= 15 is 0 Å². The lowest BCUT2D eigenvalue weighted by Crippen LogP contribution is -2.46. The number of urea groups is 1. The standard InChI is InChI=1S/C16H25N3O4/c20-14-8-11(15(21)22)9-19(14)13-6-7-18(10-13)16(23)17-12-4-2-1-3-5-12/h11-13H,1-10H2,(H,17,23)(H,21,22). The lowest BCUT2D eigenvalue weighted by molar-refractivity contribution is -0.141. The van der Waals surface area contributed by atoms with Gasteiger partial charge in [-0.2, -0.15) is 0 Å². The van der Waals surface area contributed by atoms with Gasteiger partial charge in [0.05, 0.1) is 12.0 Å². The van der Waals surface area contributed by atoms with Crippen molar-refractivity contribution in [3.63, 3.8) is 0 Å². The molecule has 0 spiro atoms. The van der Waals surface area contributed by atoms with Crippen LogP contribution in [0.2, 0.25) is 0 Å². The average Bonchev–Trinajstić information content (AvgIpc) is 3.14. The molecule has 1 aliphatic carbocycles. The van der Waals surface area contributed by atoms with Crippen molar-refractivity contribution in [3.05, 3.63) is 0 Å². The van der Waals surface area contributed by atoms with Crippen LogP contribution in [0.4, 0.5) is 4.79 Å². The van der Waals surface area contributed by atoms with Gasteiger partial charge in [-0.1, -0.05) is 19.3 Å². The normalized spacial score (nSPS) is 29.1. The van der Waals surface area contributed by atoms with Crippen molar-refractivity contribution in [1.82, 2.24) is 15.1 Å². The highest BCUT2D eigenvalue weighted by atomic mass is 16.4. The molecule has 2 N–H and O–H groups in total. The molecule has 2 unspecified atom stereocenters. The van der Waals surface area contributed by atoms with Crippen LogP contribution in [0.5, 0.6) is 0 Å². The highest BCUT2D eigenvalue weighted by Gasteiger charge is 2.41. The van der Waals surface area contributed by atoms with Gasteiger partial charge in [-0.15, -0.1) is 0 Å². The third kappa shape index (κ3) is 3.59. The number of carboxylic acids is 1. The summed E-state index contributed by atoms with van der Waals surface area (Å²) >= 11 is 0. The zero-order valence-corrected chi connectivity index (χ0v) is 13.4. The van der Waals surface area contributed by atoms with Gasteiger partial charge in [0.15, 0.2) is 0 Å². The van der Waals surface area contributed by atoms with Crippen LogP contribution >= 0.6 is 0 Å². The van der Waals surface area contributed by atoms with Crippen LogP contribution in [0.15, 0.2) is 0 Å². The highest BCUT2D eigenvalue weighted by molar-refractivity contribution is 5.86. The van der Waals surface area contributed by atoms with Crippen molar-refractivity contribution in [3.8, 4) is 0 Å². The first kappa shape index (κ1) is 16.1. The average molecular weight is 323 g/mol. The summed E-state index contributed by atoms with van der Waals surface area (Å²) in [7, 11) is 0. The molecule has 3 amide bonds. The number of nitrogens with zero attached hydrogens (tertiary/aromatic N) is 2. The maximum absolute atomic E-state index is 12.3. The van der Waals surface area contributed by atoms with E-state index in [0.717, 1.165) is 19.3 Å². The molecule has 2 heterocycles. The van der Waals surface area contributed by atoms with E-state index in [1.54, 1.807) is 9.80 Å². The van der Waals surface area contributed by atoms with Crippen molar-refractivity contribution >= 4 is 17.9 Å². The summed E-state index contributed by atoms with van der Waals surface area (Å²) in [4.78, 5) is 38.8. The molecule has 128 valence electrons. The Labute approximate surface area is 136 Å². The monoisotopic (exact) mass is 323 g/mol. The second-order valence-electron chi connectivity index (χ2n) is 6.96. The molecule has 0 bridgehead atoms. The fraction of sp³-hybridized carbons (Fsp3) is 0.812. The number of amides is 3. The van der Waals surface area contributed by atoms with Gasteiger partial charge in [0.2, 0.25) is 5.91 Å². The van der Waals surface area contributed by atoms with Gasteiger partial charge < -0.3 is 20.2 Å². The minimum Gasteiger partial charge on any atom is -0.481 e. The Bertz CT molecular complexity index is 490. The zero-order valence-electron chi connectivity index (χ0n) is 13.4. The molecular formula is C16H25N3O4. The highest BCUT2D eigenvalue weighted by Crippen LogP contribution is 2.25. The molecule has 0 aromatic rings. The number of carbonyl (C=O) groups is 3. The summed E-state index contributed by atoms with van der Waals surface area (Å²) in [6.45, 7) is 1.41. The predicted octanol–water partition coefficient (Wildman–Crippen LogP) is 1.04. The maximum Gasteiger partial charge on any atom is 0.317 e. The summed E-state index contributed by atoms with van der Waals surface area (Å²) in [6, 6.07) is 0.199. The number of hydrogen-bond acceptors (Lipinski definition) is 3. The smallest absolute Gasteiger partial charge is 0.317 e. The Morgan fingerprint density at radius 2 is 1.83 bits per heavy atom. The van der Waals surface area contributed by atoms with Crippen molar-refractivity contribution < 1.29 is 19.5 Å². The number of likely N-dealkylation sites (tertiary alicyclic amines) is 2. The lowest BCUT2D eigenvalue weighted by atomic mass is 9.96. The van der Waals surface area contributed by atoms with Crippen LogP contribution < -0.4 is 5.32 Å². The molecule has 3 rings (SSSR count). The Balaban J connectivity index is 1.51. The molecule has 7 heteroatoms. The van der Waals surface area contributed by atoms with Gasteiger partial charge in [-0.25, -0.2) is 4.79 Å². The van der Waals surface area contributed by atoms with E-state index in [-0.39, 0.29) is 37.0 Å². The third-order valence-corrected chi connectivity index (χ3v) is 5.33. The second kappa shape index (κ2) is 6.76. The Morgan fingerprint density at radius 1 is 1.09 bits per heavy atom. The fourth-order valence-corrected chi connectivity index (χ4v) is 3.94. The molecule has 3 fully saturated rings. The van der Waals surface area contributed by atoms with Crippen molar-refractivity contribution in [2.75, 3.05) is 19.6 Å². The summed E-state index contributed by atoms with van der Waals surface area (Å²) in [5, 5.41) is 12.2. The molecular weight excluding hydrogens is 298 g/mol. The van der Waals surface area contributed by atoms with Gasteiger partial charge in [-0.3, -0.25) is 9.59 Å². The van der Waals surface area contributed by atoms with Crippen LogP contribution in [0.3, 0.4) is 0 Å². The van der Waals surface area contributed by atoms with Crippen molar-refractivity contribution in [2.24, 2.45) is 5.92 Å². The van der Waals surface area contributed by atoms with E-state index in [1.807, 2.05) is 0 Å². The number of carbonyl (C=O) groups excluding carboxylic acids is 2. The van der Waals surface area contributed by atoms with E-state index in [2.05, 4.69) is 5.32 Å². The minimum absolute atomic E-state index is 0.0380. The van der Waals surface area contributed by atoms with Crippen molar-refractivity contribution in [2.45, 2.75) is 57.0 Å². The molecule has 2 aliphatic heterocycles. The van der Waals surface area contributed by atoms with E-state index in [1.165, 1.54) is 19.3 Å². The Kier molecular flexibility index (Phi) is 4.73. The topological polar surface area (TPSA) is 90.0 Å². The largest absolute Gasteiger partial charge is 0.481 e. The number of carboxylic acid groups (broad SMARTS) is 1. The first-order chi connectivity index (χ1) is 11.0. The minimum atomic E-state index is -0.911. The summed E-state index contributed by atoms with van der Waals surface area (Å²) in [5.41, 5.74) is 0. The quantitative estimate of drug-likeness (QED) is 0.812. The summed E-state index contributed by atoms with van der Waals surface area (Å²) in [6.07, 6.45) is 6.51. The first-order valence-corrected chi connectivity index (χ1v) is 8.62. The summed E-state index contributed by atoms with van der Waals surface area (Å²) in [5.74, 6) is -1.62. The van der Waals surface area contributed by atoms with Crippen LogP contribution in [0.25, 0.3) is 0 Å². The third-order valence-electron chi connectivity index (χ3n) is 5.33. The zero-order chi connectivity index (χ0) is 16.4. The molecule has 0 aromatic heterocycles. The van der Waals surface area contributed by atoms with Crippen LogP contribution in [0.1, 0.15) is 44.9 Å². The second-order valence-corrected chi connectivity index (χ2v) is 6.96. The van der Waals surface area contributed by atoms with Crippen LogP contribution in [0, 0.1) is 5.92 Å². The molecule has 0 radical (unpaired) electrons. The number of aliphatic carboxylic acids is 1. The predicted molar refractivity (Wildman–Crippen MR) is 82.8 cm³/mol. The van der Waals surface area contributed by atoms with Crippen molar-refractivity contribution in [1.29, 1.82) is 0 Å².